The van der Waals surface area contributed by atoms with E-state index in [1.54, 1.807) is 0 Å². The third kappa shape index (κ3) is 2.58. The fraction of sp³-hybridized carbons (Fsp3) is 0.929. The Bertz CT molecular complexity index is 258. The number of hydrogen-bond donors (Lipinski definition) is 0. The SMILES string of the molecule is CC(C)[C@H]1CC[C@H](N2CC[C@@H](C#N)C2)CC1. The van der Waals surface area contributed by atoms with E-state index in [2.05, 4.69) is 24.8 Å². The molecule has 2 nitrogen and oxygen atoms in total. The van der Waals surface area contributed by atoms with Crippen molar-refractivity contribution in [1.29, 1.82) is 5.26 Å². The molecule has 0 unspecified atom stereocenters. The lowest BCUT2D eigenvalue weighted by Crippen LogP contribution is -2.37. The first-order chi connectivity index (χ1) is 7.70. The zero-order chi connectivity index (χ0) is 11.5. The molecule has 0 bridgehead atoms. The lowest BCUT2D eigenvalue weighted by molar-refractivity contribution is 0.144. The zero-order valence-corrected chi connectivity index (χ0v) is 10.7. The fourth-order valence-electron chi connectivity index (χ4n) is 3.36. The molecule has 1 saturated heterocycles. The summed E-state index contributed by atoms with van der Waals surface area (Å²) in [5, 5.41) is 8.92. The third-order valence-electron chi connectivity index (χ3n) is 4.60. The average Bonchev–Trinajstić information content (AvgIpc) is 2.77. The van der Waals surface area contributed by atoms with Crippen LogP contribution >= 0.6 is 0 Å². The molecule has 1 aliphatic carbocycles. The average molecular weight is 220 g/mol. The van der Waals surface area contributed by atoms with E-state index < -0.39 is 0 Å². The summed E-state index contributed by atoms with van der Waals surface area (Å²) >= 11 is 0. The topological polar surface area (TPSA) is 27.0 Å². The van der Waals surface area contributed by atoms with Crippen molar-refractivity contribution < 1.29 is 0 Å². The van der Waals surface area contributed by atoms with Crippen LogP contribution in [0.25, 0.3) is 0 Å². The Hall–Kier alpha value is -0.550. The highest BCUT2D eigenvalue weighted by molar-refractivity contribution is 4.93. The van der Waals surface area contributed by atoms with Gasteiger partial charge in [0.15, 0.2) is 0 Å². The Kier molecular flexibility index (Phi) is 3.86. The van der Waals surface area contributed by atoms with Crippen molar-refractivity contribution >= 4 is 0 Å². The van der Waals surface area contributed by atoms with Gasteiger partial charge in [-0.15, -0.1) is 0 Å². The molecule has 2 aliphatic rings. The Morgan fingerprint density at radius 2 is 1.81 bits per heavy atom. The van der Waals surface area contributed by atoms with Crippen LogP contribution in [0.2, 0.25) is 0 Å². The van der Waals surface area contributed by atoms with Gasteiger partial charge in [0.2, 0.25) is 0 Å². The molecule has 0 aromatic carbocycles. The van der Waals surface area contributed by atoms with Crippen LogP contribution in [0.3, 0.4) is 0 Å². The smallest absolute Gasteiger partial charge is 0.0669 e. The monoisotopic (exact) mass is 220 g/mol. The molecule has 2 rings (SSSR count). The van der Waals surface area contributed by atoms with Gasteiger partial charge in [0.1, 0.15) is 0 Å². The normalized spacial score (nSPS) is 36.5. The second-order valence-electron chi connectivity index (χ2n) is 5.92. The molecule has 1 heterocycles. The van der Waals surface area contributed by atoms with Gasteiger partial charge in [-0.2, -0.15) is 5.26 Å². The second kappa shape index (κ2) is 5.19. The van der Waals surface area contributed by atoms with Gasteiger partial charge >= 0.3 is 0 Å². The summed E-state index contributed by atoms with van der Waals surface area (Å²) in [7, 11) is 0. The molecule has 0 spiro atoms. The molecule has 90 valence electrons. The molecule has 2 fully saturated rings. The highest BCUT2D eigenvalue weighted by Gasteiger charge is 2.31. The minimum Gasteiger partial charge on any atom is -0.299 e. The molecule has 1 saturated carbocycles. The number of nitriles is 1. The van der Waals surface area contributed by atoms with E-state index in [1.165, 1.54) is 25.7 Å². The van der Waals surface area contributed by atoms with Crippen LogP contribution in [0.1, 0.15) is 46.0 Å². The summed E-state index contributed by atoms with van der Waals surface area (Å²) in [5.74, 6) is 2.11. The maximum absolute atomic E-state index is 8.92. The Morgan fingerprint density at radius 3 is 2.31 bits per heavy atom. The van der Waals surface area contributed by atoms with E-state index in [-0.39, 0.29) is 0 Å². The van der Waals surface area contributed by atoms with Crippen LogP contribution in [-0.4, -0.2) is 24.0 Å². The molecule has 0 aromatic rings. The molecule has 1 atom stereocenters. The maximum atomic E-state index is 8.92. The maximum Gasteiger partial charge on any atom is 0.0669 e. The minimum absolute atomic E-state index is 0.308. The van der Waals surface area contributed by atoms with Crippen LogP contribution in [0, 0.1) is 29.1 Å². The first-order valence-electron chi connectivity index (χ1n) is 6.84. The largest absolute Gasteiger partial charge is 0.299 e. The van der Waals surface area contributed by atoms with Crippen molar-refractivity contribution in [3.05, 3.63) is 0 Å². The highest BCUT2D eigenvalue weighted by atomic mass is 15.2. The Balaban J connectivity index is 1.79. The first-order valence-corrected chi connectivity index (χ1v) is 6.84. The van der Waals surface area contributed by atoms with E-state index in [4.69, 9.17) is 5.26 Å². The van der Waals surface area contributed by atoms with Crippen molar-refractivity contribution in [3.63, 3.8) is 0 Å². The van der Waals surface area contributed by atoms with E-state index in [1.807, 2.05) is 0 Å². The zero-order valence-electron chi connectivity index (χ0n) is 10.7. The lowest BCUT2D eigenvalue weighted by atomic mass is 9.79. The molecular formula is C14H24N2. The van der Waals surface area contributed by atoms with E-state index in [0.717, 1.165) is 37.4 Å². The third-order valence-corrected chi connectivity index (χ3v) is 4.60. The molecule has 16 heavy (non-hydrogen) atoms. The summed E-state index contributed by atoms with van der Waals surface area (Å²) in [5.41, 5.74) is 0. The predicted octanol–water partition coefficient (Wildman–Crippen LogP) is 3.05. The Labute approximate surface area is 99.6 Å². The summed E-state index contributed by atoms with van der Waals surface area (Å²) < 4.78 is 0. The van der Waals surface area contributed by atoms with E-state index in [9.17, 15) is 0 Å². The molecule has 0 aromatic heterocycles. The van der Waals surface area contributed by atoms with Gasteiger partial charge in [0.05, 0.1) is 12.0 Å². The number of hydrogen-bond acceptors (Lipinski definition) is 2. The second-order valence-corrected chi connectivity index (χ2v) is 5.92. The van der Waals surface area contributed by atoms with Gasteiger partial charge < -0.3 is 0 Å². The molecule has 0 radical (unpaired) electrons. The quantitative estimate of drug-likeness (QED) is 0.715. The first kappa shape index (κ1) is 11.9. The summed E-state index contributed by atoms with van der Waals surface area (Å²) in [6.45, 7) is 6.90. The van der Waals surface area contributed by atoms with Gasteiger partial charge in [-0.3, -0.25) is 4.90 Å². The minimum atomic E-state index is 0.308. The van der Waals surface area contributed by atoms with E-state index in [0.29, 0.717) is 5.92 Å². The van der Waals surface area contributed by atoms with Gasteiger partial charge in [-0.05, 0) is 50.5 Å². The van der Waals surface area contributed by atoms with Gasteiger partial charge in [-0.1, -0.05) is 13.8 Å². The van der Waals surface area contributed by atoms with Crippen molar-refractivity contribution in [2.45, 2.75) is 52.0 Å². The Morgan fingerprint density at radius 1 is 1.12 bits per heavy atom. The van der Waals surface area contributed by atoms with Crippen molar-refractivity contribution in [2.24, 2.45) is 17.8 Å². The fourth-order valence-corrected chi connectivity index (χ4v) is 3.36. The van der Waals surface area contributed by atoms with Crippen molar-refractivity contribution in [1.82, 2.24) is 4.90 Å². The predicted molar refractivity (Wildman–Crippen MR) is 65.9 cm³/mol. The number of likely N-dealkylation sites (tertiary alicyclic amines) is 1. The van der Waals surface area contributed by atoms with Gasteiger partial charge in [0, 0.05) is 12.6 Å². The lowest BCUT2D eigenvalue weighted by Gasteiger charge is -2.36. The molecule has 0 amide bonds. The van der Waals surface area contributed by atoms with Crippen LogP contribution in [0.5, 0.6) is 0 Å². The molecule has 1 aliphatic heterocycles. The summed E-state index contributed by atoms with van der Waals surface area (Å²) in [6, 6.07) is 3.20. The van der Waals surface area contributed by atoms with Crippen LogP contribution in [-0.2, 0) is 0 Å². The van der Waals surface area contributed by atoms with Gasteiger partial charge in [0.25, 0.3) is 0 Å². The number of rotatable bonds is 2. The summed E-state index contributed by atoms with van der Waals surface area (Å²) in [6.07, 6.45) is 6.62. The van der Waals surface area contributed by atoms with Gasteiger partial charge in [-0.25, -0.2) is 0 Å². The highest BCUT2D eigenvalue weighted by Crippen LogP contribution is 2.33. The molecular weight excluding hydrogens is 196 g/mol. The molecule has 0 N–H and O–H groups in total. The van der Waals surface area contributed by atoms with E-state index >= 15 is 0 Å². The molecule has 2 heteroatoms. The van der Waals surface area contributed by atoms with Crippen LogP contribution in [0.4, 0.5) is 0 Å². The number of nitrogens with zero attached hydrogens (tertiary/aromatic N) is 2. The van der Waals surface area contributed by atoms with Crippen molar-refractivity contribution in [2.75, 3.05) is 13.1 Å². The summed E-state index contributed by atoms with van der Waals surface area (Å²) in [4.78, 5) is 2.57. The standard InChI is InChI=1S/C14H24N2/c1-11(2)13-3-5-14(6-4-13)16-8-7-12(9-15)10-16/h11-14H,3-8,10H2,1-2H3/t12-,13-,14-/m0/s1. The van der Waals surface area contributed by atoms with Crippen LogP contribution in [0.15, 0.2) is 0 Å². The van der Waals surface area contributed by atoms with Crippen LogP contribution < -0.4 is 0 Å². The van der Waals surface area contributed by atoms with Crippen molar-refractivity contribution in [3.8, 4) is 6.07 Å².